The third-order valence-corrected chi connectivity index (χ3v) is 8.93. The molecule has 0 bridgehead atoms. The summed E-state index contributed by atoms with van der Waals surface area (Å²) in [5.74, 6) is 0.819. The highest BCUT2D eigenvalue weighted by atomic mass is 35.5. The van der Waals surface area contributed by atoms with E-state index in [-0.39, 0.29) is 23.7 Å². The van der Waals surface area contributed by atoms with E-state index in [4.69, 9.17) is 4.74 Å². The quantitative estimate of drug-likeness (QED) is 0.112. The van der Waals surface area contributed by atoms with Crippen molar-refractivity contribution in [3.05, 3.63) is 65.2 Å². The molecule has 0 aliphatic heterocycles. The van der Waals surface area contributed by atoms with E-state index >= 15 is 0 Å². The van der Waals surface area contributed by atoms with E-state index < -0.39 is 0 Å². The third-order valence-electron chi connectivity index (χ3n) is 7.98. The van der Waals surface area contributed by atoms with Crippen LogP contribution in [-0.2, 0) is 23.2 Å². The monoisotopic (exact) mass is 626 g/mol. The van der Waals surface area contributed by atoms with Crippen LogP contribution >= 0.6 is 11.3 Å². The summed E-state index contributed by atoms with van der Waals surface area (Å²) in [6.45, 7) is 12.7. The van der Waals surface area contributed by atoms with E-state index in [1.165, 1.54) is 81.2 Å². The topological polar surface area (TPSA) is 42.2 Å². The van der Waals surface area contributed by atoms with E-state index in [0.717, 1.165) is 35.5 Å². The Balaban J connectivity index is 0.00000645. The summed E-state index contributed by atoms with van der Waals surface area (Å²) in [4.78, 5) is 13.1. The fourth-order valence-corrected chi connectivity index (χ4v) is 6.22. The molecule has 0 fully saturated rings. The second kappa shape index (κ2) is 19.8. The lowest BCUT2D eigenvalue weighted by Crippen LogP contribution is -3.00. The molecule has 0 spiro atoms. The number of anilines is 1. The van der Waals surface area contributed by atoms with Gasteiger partial charge in [0.05, 0.1) is 24.0 Å². The summed E-state index contributed by atoms with van der Waals surface area (Å²) in [6.07, 6.45) is 18.3. The number of carbonyl (C=O) groups excluding carboxylic acids is 1. The predicted octanol–water partition coefficient (Wildman–Crippen LogP) is 7.29. The molecule has 2 aromatic carbocycles. The summed E-state index contributed by atoms with van der Waals surface area (Å²) >= 11 is 1.73. The Labute approximate surface area is 272 Å². The van der Waals surface area contributed by atoms with Crippen molar-refractivity contribution in [2.75, 3.05) is 11.9 Å². The molecule has 0 aliphatic carbocycles. The summed E-state index contributed by atoms with van der Waals surface area (Å²) in [5, 5.41) is 6.42. The molecule has 0 unspecified atom stereocenters. The number of aromatic nitrogens is 1. The van der Waals surface area contributed by atoms with Crippen LogP contribution in [0.25, 0.3) is 10.6 Å². The Hall–Kier alpha value is -2.37. The summed E-state index contributed by atoms with van der Waals surface area (Å²) in [6, 6.07) is 14.5. The molecule has 1 N–H and O–H groups in total. The number of nitrogens with zero attached hydrogens (tertiary/aromatic N) is 1. The van der Waals surface area contributed by atoms with Gasteiger partial charge in [-0.25, -0.2) is 0 Å². The molecule has 238 valence electrons. The van der Waals surface area contributed by atoms with Crippen molar-refractivity contribution in [2.24, 2.45) is 0 Å². The van der Waals surface area contributed by atoms with Crippen LogP contribution in [-0.4, -0.2) is 12.5 Å². The molecule has 4 nitrogen and oxygen atoms in total. The molecule has 1 aromatic heterocycles. The Morgan fingerprint density at radius 3 is 2.02 bits per heavy atom. The van der Waals surface area contributed by atoms with Crippen molar-refractivity contribution in [2.45, 2.75) is 130 Å². The Bertz CT molecular complexity index is 1200. The molecule has 3 aromatic rings. The number of halogens is 1. The molecular weight excluding hydrogens is 572 g/mol. The summed E-state index contributed by atoms with van der Waals surface area (Å²) in [7, 11) is 0. The van der Waals surface area contributed by atoms with Crippen molar-refractivity contribution in [1.82, 2.24) is 0 Å². The van der Waals surface area contributed by atoms with Crippen molar-refractivity contribution in [3.63, 3.8) is 0 Å². The molecule has 6 heteroatoms. The van der Waals surface area contributed by atoms with Gasteiger partial charge in [0.15, 0.2) is 6.20 Å². The minimum Gasteiger partial charge on any atom is -1.00 e. The maximum Gasteiger partial charge on any atom is 0.268 e. The van der Waals surface area contributed by atoms with Crippen LogP contribution in [0.1, 0.15) is 123 Å². The van der Waals surface area contributed by atoms with E-state index in [1.807, 2.05) is 12.1 Å². The lowest BCUT2D eigenvalue weighted by Gasteiger charge is -2.21. The largest absolute Gasteiger partial charge is 1.00 e. The smallest absolute Gasteiger partial charge is 0.268 e. The highest BCUT2D eigenvalue weighted by Gasteiger charge is 2.18. The molecule has 0 aliphatic rings. The summed E-state index contributed by atoms with van der Waals surface area (Å²) < 4.78 is 8.55. The first-order valence-corrected chi connectivity index (χ1v) is 17.3. The lowest BCUT2D eigenvalue weighted by atomic mass is 9.86. The van der Waals surface area contributed by atoms with Gasteiger partial charge < -0.3 is 22.5 Å². The Morgan fingerprint density at radius 2 is 1.44 bits per heavy atom. The first-order valence-electron chi connectivity index (χ1n) is 16.4. The average molecular weight is 627 g/mol. The fraction of sp³-hybridized carbons (Fsp3) is 0.568. The van der Waals surface area contributed by atoms with Crippen LogP contribution in [0.5, 0.6) is 5.75 Å². The van der Waals surface area contributed by atoms with Crippen LogP contribution in [0.4, 0.5) is 5.69 Å². The number of unbranched alkanes of at least 4 members (excludes halogenated alkanes) is 11. The first kappa shape index (κ1) is 36.8. The maximum atomic E-state index is 13.1. The van der Waals surface area contributed by atoms with Crippen molar-refractivity contribution in [1.29, 1.82) is 0 Å². The zero-order valence-electron chi connectivity index (χ0n) is 27.4. The van der Waals surface area contributed by atoms with Gasteiger partial charge in [0, 0.05) is 11.3 Å². The molecule has 0 saturated heterocycles. The van der Waals surface area contributed by atoms with E-state index in [2.05, 4.69) is 86.4 Å². The highest BCUT2D eigenvalue weighted by molar-refractivity contribution is 7.12. The molecule has 0 atom stereocenters. The van der Waals surface area contributed by atoms with Gasteiger partial charge in [0.25, 0.3) is 5.01 Å². The van der Waals surface area contributed by atoms with Crippen molar-refractivity contribution >= 4 is 22.9 Å². The fourth-order valence-electron chi connectivity index (χ4n) is 5.29. The van der Waals surface area contributed by atoms with Crippen LogP contribution in [0.3, 0.4) is 0 Å². The van der Waals surface area contributed by atoms with Gasteiger partial charge in [0.2, 0.25) is 5.91 Å². The van der Waals surface area contributed by atoms with Crippen molar-refractivity contribution in [3.8, 4) is 16.3 Å². The van der Waals surface area contributed by atoms with E-state index in [9.17, 15) is 4.79 Å². The minimum absolute atomic E-state index is 0. The Kier molecular flexibility index (Phi) is 17.0. The van der Waals surface area contributed by atoms with Crippen LogP contribution in [0, 0.1) is 0 Å². The number of carbonyl (C=O) groups is 1. The predicted molar refractivity (Wildman–Crippen MR) is 180 cm³/mol. The number of aryl methyl sites for hydroxylation is 1. The van der Waals surface area contributed by atoms with E-state index in [0.29, 0.717) is 13.0 Å². The maximum absolute atomic E-state index is 13.1. The molecule has 1 heterocycles. The number of amides is 1. The average Bonchev–Trinajstić information content (AvgIpc) is 3.45. The second-order valence-electron chi connectivity index (χ2n) is 12.6. The number of benzene rings is 2. The van der Waals surface area contributed by atoms with Gasteiger partial charge in [-0.2, -0.15) is 4.57 Å². The van der Waals surface area contributed by atoms with Crippen LogP contribution < -0.4 is 27.0 Å². The normalized spacial score (nSPS) is 11.3. The third kappa shape index (κ3) is 13.0. The number of thiazole rings is 1. The first-order chi connectivity index (χ1) is 20.3. The second-order valence-corrected chi connectivity index (χ2v) is 13.5. The number of rotatable bonds is 19. The molecule has 3 rings (SSSR count). The Morgan fingerprint density at radius 1 is 0.837 bits per heavy atom. The zero-order chi connectivity index (χ0) is 30.2. The number of ether oxygens (including phenoxy) is 1. The molecule has 0 saturated carbocycles. The molecular formula is C37H55ClN2O2S. The molecule has 0 radical (unpaired) electrons. The SMILES string of the molecule is CCCCCCCCCCCCCCOc1cc(C(C)(C)C)ccc1CC(=O)Nc1ccc(-c2scc[n+]2CC)cc1.[Cl-]. The molecule has 1 amide bonds. The van der Waals surface area contributed by atoms with Gasteiger partial charge in [-0.3, -0.25) is 4.79 Å². The van der Waals surface area contributed by atoms with Crippen LogP contribution in [0.2, 0.25) is 0 Å². The van der Waals surface area contributed by atoms with Crippen LogP contribution in [0.15, 0.2) is 54.0 Å². The minimum atomic E-state index is -0.0266. The van der Waals surface area contributed by atoms with Crippen molar-refractivity contribution < 1.29 is 26.5 Å². The standard InChI is InChI=1S/C37H54N2O2S.ClH/c1-6-8-9-10-11-12-13-14-15-16-17-18-26-41-34-29-32(37(3,4)5)22-19-31(34)28-35(40)38-33-23-20-30(21-24-33)36-39(7-2)25-27-42-36;/h19-25,27,29H,6-18,26,28H2,1-5H3;1H. The van der Waals surface area contributed by atoms with Gasteiger partial charge in [-0.15, -0.1) is 0 Å². The summed E-state index contributed by atoms with van der Waals surface area (Å²) in [5.41, 5.74) is 4.17. The lowest BCUT2D eigenvalue weighted by molar-refractivity contribution is -0.678. The van der Waals surface area contributed by atoms with Gasteiger partial charge in [-0.1, -0.05) is 122 Å². The van der Waals surface area contributed by atoms with Gasteiger partial charge in [-0.05, 0) is 54.7 Å². The van der Waals surface area contributed by atoms with Gasteiger partial charge >= 0.3 is 0 Å². The van der Waals surface area contributed by atoms with E-state index in [1.54, 1.807) is 11.3 Å². The number of hydrogen-bond donors (Lipinski definition) is 1. The van der Waals surface area contributed by atoms with Gasteiger partial charge in [0.1, 0.15) is 12.3 Å². The number of nitrogens with one attached hydrogen (secondary N) is 1. The zero-order valence-corrected chi connectivity index (χ0v) is 28.9. The molecule has 43 heavy (non-hydrogen) atoms. The highest BCUT2D eigenvalue weighted by Crippen LogP contribution is 2.30. The number of hydrogen-bond acceptors (Lipinski definition) is 3.